The highest BCUT2D eigenvalue weighted by atomic mass is 79.9. The van der Waals surface area contributed by atoms with Crippen LogP contribution in [0.5, 0.6) is 5.75 Å². The number of nitrogens with one attached hydrogen (secondary N) is 1. The molecule has 2 fully saturated rings. The highest BCUT2D eigenvalue weighted by molar-refractivity contribution is 9.10. The quantitative estimate of drug-likeness (QED) is 0.260. The van der Waals surface area contributed by atoms with Crippen LogP contribution in [0.2, 0.25) is 5.02 Å². The van der Waals surface area contributed by atoms with Crippen LogP contribution >= 0.6 is 27.5 Å². The zero-order chi connectivity index (χ0) is 32.1. The lowest BCUT2D eigenvalue weighted by molar-refractivity contribution is -0.148. The SMILES string of the molecule is CC(C)(C)OC(=O)N1CCC(C(Oc2cc(Br)c(Cl)cc2NCC2CN(C(C3=CC=CCC3)c3ccccc3)C2)C(=O)O)CC1. The van der Waals surface area contributed by atoms with Crippen molar-refractivity contribution >= 4 is 45.3 Å². The number of nitrogens with zero attached hydrogens (tertiary/aromatic N) is 2. The summed E-state index contributed by atoms with van der Waals surface area (Å²) in [5.41, 5.74) is 2.84. The van der Waals surface area contributed by atoms with E-state index in [2.05, 4.69) is 74.7 Å². The lowest BCUT2D eigenvalue weighted by Gasteiger charge is -2.46. The number of carboxylic acid groups (broad SMARTS) is 1. The number of carbonyl (C=O) groups excluding carboxylic acids is 1. The number of rotatable bonds is 10. The summed E-state index contributed by atoms with van der Waals surface area (Å²) in [7, 11) is 0. The predicted octanol–water partition coefficient (Wildman–Crippen LogP) is 7.94. The summed E-state index contributed by atoms with van der Waals surface area (Å²) >= 11 is 9.96. The van der Waals surface area contributed by atoms with Gasteiger partial charge in [-0.1, -0.05) is 60.2 Å². The van der Waals surface area contributed by atoms with Gasteiger partial charge in [-0.05, 0) is 85.7 Å². The smallest absolute Gasteiger partial charge is 0.410 e. The molecule has 2 aromatic carbocycles. The number of carboxylic acids is 1. The van der Waals surface area contributed by atoms with Gasteiger partial charge in [-0.15, -0.1) is 0 Å². The first-order chi connectivity index (χ1) is 21.5. The average molecular weight is 701 g/mol. The lowest BCUT2D eigenvalue weighted by atomic mass is 9.87. The second-order valence-electron chi connectivity index (χ2n) is 13.2. The van der Waals surface area contributed by atoms with Crippen LogP contribution in [0, 0.1) is 11.8 Å². The number of aliphatic carboxylic acids is 1. The molecule has 1 amide bonds. The van der Waals surface area contributed by atoms with Crippen molar-refractivity contribution in [2.75, 3.05) is 38.0 Å². The van der Waals surface area contributed by atoms with Crippen molar-refractivity contribution in [3.05, 3.63) is 81.3 Å². The standard InChI is InChI=1S/C35H43BrClN3O5/c1-35(2,3)45-34(43)39-16-14-26(15-17-39)32(33(41)42)44-30-18-27(36)28(37)19-29(30)38-20-23-21-40(22-23)31(24-10-6-4-7-11-24)25-12-8-5-9-13-25/h4-8,10-12,18-19,23,26,31-32,38H,9,13-17,20-22H2,1-3H3,(H,41,42). The zero-order valence-electron chi connectivity index (χ0n) is 26.2. The number of likely N-dealkylation sites (tertiary alicyclic amines) is 2. The highest BCUT2D eigenvalue weighted by Crippen LogP contribution is 2.39. The Hall–Kier alpha value is -3.01. The fourth-order valence-corrected chi connectivity index (χ4v) is 6.79. The fourth-order valence-electron chi connectivity index (χ4n) is 6.31. The summed E-state index contributed by atoms with van der Waals surface area (Å²) in [4.78, 5) is 29.1. The Morgan fingerprint density at radius 1 is 1.13 bits per heavy atom. The maximum absolute atomic E-state index is 12.5. The number of halogens is 2. The molecule has 2 atom stereocenters. The highest BCUT2D eigenvalue weighted by Gasteiger charge is 2.37. The molecule has 2 N–H and O–H groups in total. The van der Waals surface area contributed by atoms with E-state index in [1.54, 1.807) is 17.0 Å². The maximum Gasteiger partial charge on any atom is 0.410 e. The third-order valence-electron chi connectivity index (χ3n) is 8.58. The van der Waals surface area contributed by atoms with Crippen molar-refractivity contribution in [1.82, 2.24) is 9.80 Å². The van der Waals surface area contributed by atoms with Crippen LogP contribution in [-0.4, -0.2) is 71.4 Å². The number of piperidine rings is 1. The van der Waals surface area contributed by atoms with Gasteiger partial charge >= 0.3 is 12.1 Å². The van der Waals surface area contributed by atoms with Gasteiger partial charge < -0.3 is 24.8 Å². The Balaban J connectivity index is 1.22. The fraction of sp³-hybridized carbons (Fsp3) is 0.486. The van der Waals surface area contributed by atoms with Crippen LogP contribution in [0.1, 0.15) is 58.1 Å². The van der Waals surface area contributed by atoms with Crippen LogP contribution < -0.4 is 10.1 Å². The predicted molar refractivity (Wildman–Crippen MR) is 181 cm³/mol. The minimum Gasteiger partial charge on any atom is -0.478 e. The molecule has 2 saturated heterocycles. The summed E-state index contributed by atoms with van der Waals surface area (Å²) < 4.78 is 12.4. The monoisotopic (exact) mass is 699 g/mol. The number of ether oxygens (including phenoxy) is 2. The van der Waals surface area contributed by atoms with Crippen LogP contribution in [0.25, 0.3) is 0 Å². The van der Waals surface area contributed by atoms with Crippen LogP contribution in [0.4, 0.5) is 10.5 Å². The van der Waals surface area contributed by atoms with Gasteiger partial charge in [0.15, 0.2) is 6.10 Å². The molecule has 2 aliphatic heterocycles. The normalized spacial score (nSPS) is 19.3. The van der Waals surface area contributed by atoms with Crippen molar-refractivity contribution in [3.8, 4) is 5.75 Å². The number of allylic oxidation sites excluding steroid dienone is 3. The molecule has 0 spiro atoms. The molecule has 3 aliphatic rings. The number of hydrogen-bond donors (Lipinski definition) is 2. The molecule has 45 heavy (non-hydrogen) atoms. The average Bonchev–Trinajstić information content (AvgIpc) is 2.99. The van der Waals surface area contributed by atoms with Gasteiger partial charge in [0.25, 0.3) is 0 Å². The van der Waals surface area contributed by atoms with E-state index < -0.39 is 17.7 Å². The minimum atomic E-state index is -1.07. The molecular formula is C35H43BrClN3O5. The van der Waals surface area contributed by atoms with Crippen LogP contribution in [-0.2, 0) is 9.53 Å². The van der Waals surface area contributed by atoms with E-state index in [-0.39, 0.29) is 18.1 Å². The van der Waals surface area contributed by atoms with Gasteiger partial charge in [0.2, 0.25) is 0 Å². The molecule has 0 aromatic heterocycles. The van der Waals surface area contributed by atoms with Crippen molar-refractivity contribution in [3.63, 3.8) is 0 Å². The number of anilines is 1. The van der Waals surface area contributed by atoms with Gasteiger partial charge in [-0.2, -0.15) is 0 Å². The molecule has 1 aliphatic carbocycles. The van der Waals surface area contributed by atoms with Crippen LogP contribution in [0.3, 0.4) is 0 Å². The molecule has 10 heteroatoms. The minimum absolute atomic E-state index is 0.262. The molecule has 2 heterocycles. The van der Waals surface area contributed by atoms with Crippen molar-refractivity contribution in [2.45, 2.75) is 64.2 Å². The Morgan fingerprint density at radius 3 is 2.47 bits per heavy atom. The van der Waals surface area contributed by atoms with Gasteiger partial charge in [-0.25, -0.2) is 9.59 Å². The van der Waals surface area contributed by atoms with E-state index in [9.17, 15) is 14.7 Å². The number of amides is 1. The first kappa shape index (κ1) is 33.4. The first-order valence-corrected chi connectivity index (χ1v) is 16.9. The van der Waals surface area contributed by atoms with Crippen molar-refractivity contribution < 1.29 is 24.2 Å². The van der Waals surface area contributed by atoms with Gasteiger partial charge in [-0.3, -0.25) is 4.90 Å². The van der Waals surface area contributed by atoms with E-state index in [4.69, 9.17) is 21.1 Å². The topological polar surface area (TPSA) is 91.3 Å². The summed E-state index contributed by atoms with van der Waals surface area (Å²) in [6.45, 7) is 8.92. The Morgan fingerprint density at radius 2 is 1.84 bits per heavy atom. The molecule has 0 bridgehead atoms. The maximum atomic E-state index is 12.5. The molecule has 0 saturated carbocycles. The van der Waals surface area contributed by atoms with Crippen molar-refractivity contribution in [2.24, 2.45) is 11.8 Å². The molecule has 2 aromatic rings. The Kier molecular flexibility index (Phi) is 10.8. The Labute approximate surface area is 279 Å². The number of carbonyl (C=O) groups is 2. The molecular weight excluding hydrogens is 658 g/mol. The lowest BCUT2D eigenvalue weighted by Crippen LogP contribution is -2.51. The van der Waals surface area contributed by atoms with Crippen LogP contribution in [0.15, 0.2) is 70.7 Å². The van der Waals surface area contributed by atoms with E-state index >= 15 is 0 Å². The molecule has 242 valence electrons. The number of hydrogen-bond acceptors (Lipinski definition) is 6. The largest absolute Gasteiger partial charge is 0.478 e. The first-order valence-electron chi connectivity index (χ1n) is 15.7. The third kappa shape index (κ3) is 8.63. The van der Waals surface area contributed by atoms with E-state index in [1.807, 2.05) is 20.8 Å². The second kappa shape index (κ2) is 14.6. The van der Waals surface area contributed by atoms with Crippen molar-refractivity contribution in [1.29, 1.82) is 0 Å². The molecule has 5 rings (SSSR count). The summed E-state index contributed by atoms with van der Waals surface area (Å²) in [6.07, 6.45) is 8.35. The molecule has 8 nitrogen and oxygen atoms in total. The van der Waals surface area contributed by atoms with E-state index in [1.165, 1.54) is 11.1 Å². The number of benzene rings is 2. The summed E-state index contributed by atoms with van der Waals surface area (Å²) in [5.74, 6) is -0.442. The summed E-state index contributed by atoms with van der Waals surface area (Å²) in [5, 5.41) is 14.2. The Bertz CT molecular complexity index is 1410. The van der Waals surface area contributed by atoms with Gasteiger partial charge in [0, 0.05) is 49.0 Å². The van der Waals surface area contributed by atoms with Gasteiger partial charge in [0.1, 0.15) is 11.4 Å². The van der Waals surface area contributed by atoms with E-state index in [0.29, 0.717) is 59.3 Å². The third-order valence-corrected chi connectivity index (χ3v) is 9.78. The summed E-state index contributed by atoms with van der Waals surface area (Å²) in [6, 6.07) is 14.5. The molecule has 0 radical (unpaired) electrons. The molecule has 2 unspecified atom stereocenters. The second-order valence-corrected chi connectivity index (χ2v) is 14.4. The van der Waals surface area contributed by atoms with E-state index in [0.717, 1.165) is 25.9 Å². The zero-order valence-corrected chi connectivity index (χ0v) is 28.5. The van der Waals surface area contributed by atoms with Gasteiger partial charge in [0.05, 0.1) is 16.8 Å².